The molecular formula is C21H23N5O2. The highest BCUT2D eigenvalue weighted by atomic mass is 16.2. The Balaban J connectivity index is 1.66. The molecule has 2 aromatic rings. The van der Waals surface area contributed by atoms with E-state index >= 15 is 0 Å². The molecule has 7 heteroatoms. The van der Waals surface area contributed by atoms with Crippen molar-refractivity contribution in [2.24, 2.45) is 17.8 Å². The molecule has 3 N–H and O–H groups in total. The molecule has 0 bridgehead atoms. The van der Waals surface area contributed by atoms with Crippen LogP contribution in [0.4, 0.5) is 17.2 Å². The Morgan fingerprint density at radius 1 is 1.39 bits per heavy atom. The first kappa shape index (κ1) is 18.2. The number of nitriles is 1. The van der Waals surface area contributed by atoms with Crippen LogP contribution in [0.3, 0.4) is 0 Å². The third-order valence-electron chi connectivity index (χ3n) is 5.70. The number of amides is 2. The minimum atomic E-state index is -0.257. The summed E-state index contributed by atoms with van der Waals surface area (Å²) in [6.45, 7) is 4.23. The summed E-state index contributed by atoms with van der Waals surface area (Å²) < 4.78 is 0. The van der Waals surface area contributed by atoms with E-state index in [-0.39, 0.29) is 29.7 Å². The molecule has 0 radical (unpaired) electrons. The summed E-state index contributed by atoms with van der Waals surface area (Å²) >= 11 is 0. The lowest BCUT2D eigenvalue weighted by molar-refractivity contribution is -0.118. The van der Waals surface area contributed by atoms with Crippen LogP contribution in [0.1, 0.15) is 33.1 Å². The highest BCUT2D eigenvalue weighted by molar-refractivity contribution is 6.03. The molecule has 2 heterocycles. The Bertz CT molecular complexity index is 1010. The van der Waals surface area contributed by atoms with E-state index in [0.717, 1.165) is 22.9 Å². The van der Waals surface area contributed by atoms with Crippen molar-refractivity contribution in [3.63, 3.8) is 0 Å². The molecule has 2 aliphatic rings. The second-order valence-electron chi connectivity index (χ2n) is 8.01. The SMILES string of the molecule is CC(C)[C@@H]1CCC(=O)N1c1cc(N)c2cnc(NC(=O)[C@H]3C[C@@H]3C#N)cc2c1. The lowest BCUT2D eigenvalue weighted by Crippen LogP contribution is -2.36. The smallest absolute Gasteiger partial charge is 0.230 e. The number of fused-ring (bicyclic) bond motifs is 1. The molecule has 1 aromatic carbocycles. The highest BCUT2D eigenvalue weighted by Gasteiger charge is 2.43. The maximum Gasteiger partial charge on any atom is 0.230 e. The van der Waals surface area contributed by atoms with Gasteiger partial charge in [-0.1, -0.05) is 13.8 Å². The first-order valence-electron chi connectivity index (χ1n) is 9.61. The number of carbonyl (C=O) groups excluding carboxylic acids is 2. The number of nitrogens with one attached hydrogen (secondary N) is 1. The van der Waals surface area contributed by atoms with E-state index in [9.17, 15) is 9.59 Å². The molecule has 2 fully saturated rings. The third-order valence-corrected chi connectivity index (χ3v) is 5.70. The van der Waals surface area contributed by atoms with Crippen LogP contribution in [-0.4, -0.2) is 22.8 Å². The summed E-state index contributed by atoms with van der Waals surface area (Å²) in [4.78, 5) is 30.8. The summed E-state index contributed by atoms with van der Waals surface area (Å²) in [6, 6.07) is 7.78. The van der Waals surface area contributed by atoms with Gasteiger partial charge in [0.05, 0.1) is 17.9 Å². The molecular weight excluding hydrogens is 354 g/mol. The summed E-state index contributed by atoms with van der Waals surface area (Å²) in [7, 11) is 0. The van der Waals surface area contributed by atoms with Crippen molar-refractivity contribution in [3.8, 4) is 6.07 Å². The van der Waals surface area contributed by atoms with Gasteiger partial charge in [-0.2, -0.15) is 5.26 Å². The average Bonchev–Trinajstić information content (AvgIpc) is 3.35. The van der Waals surface area contributed by atoms with Gasteiger partial charge in [0.25, 0.3) is 0 Å². The fourth-order valence-corrected chi connectivity index (χ4v) is 4.00. The van der Waals surface area contributed by atoms with Gasteiger partial charge in [0.1, 0.15) is 5.82 Å². The molecule has 144 valence electrons. The van der Waals surface area contributed by atoms with Crippen molar-refractivity contribution in [2.75, 3.05) is 16.0 Å². The van der Waals surface area contributed by atoms with Gasteiger partial charge in [-0.15, -0.1) is 0 Å². The standard InChI is InChI=1S/C21H23N5O2/c1-11(2)18-3-4-20(27)26(18)14-5-12-7-19(24-10-16(12)17(23)8-14)25-21(28)15-6-13(15)9-22/h5,7-8,10-11,13,15,18H,3-4,6,23H2,1-2H3,(H,24,25,28)/t13-,15+,18+/m1/s1. The van der Waals surface area contributed by atoms with Crippen LogP contribution >= 0.6 is 0 Å². The minimum absolute atomic E-state index is 0.108. The van der Waals surface area contributed by atoms with Gasteiger partial charge >= 0.3 is 0 Å². The summed E-state index contributed by atoms with van der Waals surface area (Å²) in [5, 5.41) is 13.3. The van der Waals surface area contributed by atoms with Gasteiger partial charge in [-0.25, -0.2) is 4.98 Å². The quantitative estimate of drug-likeness (QED) is 0.795. The zero-order valence-corrected chi connectivity index (χ0v) is 16.0. The lowest BCUT2D eigenvalue weighted by Gasteiger charge is -2.28. The Hall–Kier alpha value is -3.14. The topological polar surface area (TPSA) is 112 Å². The van der Waals surface area contributed by atoms with Crippen LogP contribution in [0, 0.1) is 29.1 Å². The monoisotopic (exact) mass is 377 g/mol. The number of nitrogen functional groups attached to an aromatic ring is 1. The van der Waals surface area contributed by atoms with Gasteiger partial charge in [0.2, 0.25) is 11.8 Å². The van der Waals surface area contributed by atoms with Crippen molar-refractivity contribution in [1.82, 2.24) is 4.98 Å². The molecule has 1 aliphatic heterocycles. The molecule has 7 nitrogen and oxygen atoms in total. The number of aromatic nitrogens is 1. The molecule has 1 saturated carbocycles. The largest absolute Gasteiger partial charge is 0.398 e. The number of anilines is 3. The molecule has 0 spiro atoms. The Morgan fingerprint density at radius 2 is 2.18 bits per heavy atom. The molecule has 0 unspecified atom stereocenters. The van der Waals surface area contributed by atoms with Crippen molar-refractivity contribution in [2.45, 2.75) is 39.2 Å². The zero-order chi connectivity index (χ0) is 20.0. The Labute approximate surface area is 163 Å². The third kappa shape index (κ3) is 3.15. The van der Waals surface area contributed by atoms with Gasteiger partial charge in [-0.3, -0.25) is 9.59 Å². The van der Waals surface area contributed by atoms with Crippen molar-refractivity contribution < 1.29 is 9.59 Å². The van der Waals surface area contributed by atoms with Crippen molar-refractivity contribution >= 4 is 39.8 Å². The molecule has 2 amide bonds. The van der Waals surface area contributed by atoms with Crippen LogP contribution in [0.15, 0.2) is 24.4 Å². The van der Waals surface area contributed by atoms with Gasteiger partial charge in [-0.05, 0) is 42.3 Å². The summed E-state index contributed by atoms with van der Waals surface area (Å²) in [5.41, 5.74) is 7.56. The Morgan fingerprint density at radius 3 is 2.86 bits per heavy atom. The number of carbonyl (C=O) groups is 2. The predicted octanol–water partition coefficient (Wildman–Crippen LogP) is 3.07. The van der Waals surface area contributed by atoms with E-state index in [1.165, 1.54) is 0 Å². The first-order valence-corrected chi connectivity index (χ1v) is 9.61. The van der Waals surface area contributed by atoms with E-state index < -0.39 is 0 Å². The predicted molar refractivity (Wildman–Crippen MR) is 107 cm³/mol. The number of nitrogens with zero attached hydrogens (tertiary/aromatic N) is 3. The van der Waals surface area contributed by atoms with Crippen LogP contribution in [-0.2, 0) is 9.59 Å². The van der Waals surface area contributed by atoms with Crippen molar-refractivity contribution in [1.29, 1.82) is 5.26 Å². The normalized spacial score (nSPS) is 23.9. The second kappa shape index (κ2) is 6.79. The van der Waals surface area contributed by atoms with Crippen LogP contribution in [0.2, 0.25) is 0 Å². The zero-order valence-electron chi connectivity index (χ0n) is 16.0. The van der Waals surface area contributed by atoms with Crippen molar-refractivity contribution in [3.05, 3.63) is 24.4 Å². The fraction of sp³-hybridized carbons (Fsp3) is 0.429. The lowest BCUT2D eigenvalue weighted by atomic mass is 10.0. The second-order valence-corrected chi connectivity index (χ2v) is 8.01. The molecule has 28 heavy (non-hydrogen) atoms. The number of rotatable bonds is 4. The molecule has 1 aromatic heterocycles. The minimum Gasteiger partial charge on any atom is -0.398 e. The first-order chi connectivity index (χ1) is 13.4. The number of hydrogen-bond donors (Lipinski definition) is 2. The molecule has 1 saturated heterocycles. The fourth-order valence-electron chi connectivity index (χ4n) is 4.00. The van der Waals surface area contributed by atoms with Gasteiger partial charge in [0.15, 0.2) is 0 Å². The number of benzene rings is 1. The maximum absolute atomic E-state index is 12.5. The number of hydrogen-bond acceptors (Lipinski definition) is 5. The number of pyridine rings is 1. The Kier molecular flexibility index (Phi) is 4.42. The van der Waals surface area contributed by atoms with E-state index in [0.29, 0.717) is 30.3 Å². The van der Waals surface area contributed by atoms with Crippen LogP contribution in [0.25, 0.3) is 10.8 Å². The average molecular weight is 377 g/mol. The molecule has 1 aliphatic carbocycles. The summed E-state index contributed by atoms with van der Waals surface area (Å²) in [6.07, 6.45) is 3.61. The van der Waals surface area contributed by atoms with Gasteiger partial charge < -0.3 is 16.0 Å². The molecule has 3 atom stereocenters. The van der Waals surface area contributed by atoms with E-state index in [1.54, 1.807) is 12.3 Å². The number of nitrogens with two attached hydrogens (primary N) is 1. The van der Waals surface area contributed by atoms with E-state index in [1.807, 2.05) is 17.0 Å². The van der Waals surface area contributed by atoms with Crippen LogP contribution in [0.5, 0.6) is 0 Å². The van der Waals surface area contributed by atoms with Crippen LogP contribution < -0.4 is 16.0 Å². The van der Waals surface area contributed by atoms with E-state index in [2.05, 4.69) is 30.2 Å². The van der Waals surface area contributed by atoms with E-state index in [4.69, 9.17) is 11.0 Å². The maximum atomic E-state index is 12.5. The highest BCUT2D eigenvalue weighted by Crippen LogP contribution is 2.39. The molecule has 4 rings (SSSR count). The van der Waals surface area contributed by atoms with Gasteiger partial charge in [0, 0.05) is 35.4 Å². The summed E-state index contributed by atoms with van der Waals surface area (Å²) in [5.74, 6) is 0.242.